The first kappa shape index (κ1) is 20.4. The predicted molar refractivity (Wildman–Crippen MR) is 110 cm³/mol. The summed E-state index contributed by atoms with van der Waals surface area (Å²) < 4.78 is 5.52. The molecule has 1 saturated carbocycles. The number of hydrogen-bond donors (Lipinski definition) is 1. The molecule has 1 fully saturated rings. The lowest BCUT2D eigenvalue weighted by atomic mass is 10.0. The normalized spacial score (nSPS) is 14.6. The van der Waals surface area contributed by atoms with Crippen LogP contribution in [0, 0.1) is 0 Å². The summed E-state index contributed by atoms with van der Waals surface area (Å²) in [5.41, 5.74) is 1.12. The van der Waals surface area contributed by atoms with Gasteiger partial charge in [-0.05, 0) is 75.3 Å². The van der Waals surface area contributed by atoms with Gasteiger partial charge in [-0.1, -0.05) is 11.6 Å². The van der Waals surface area contributed by atoms with Gasteiger partial charge in [-0.25, -0.2) is 0 Å². The van der Waals surface area contributed by atoms with Crippen molar-refractivity contribution in [1.82, 2.24) is 10.2 Å². The highest BCUT2D eigenvalue weighted by Crippen LogP contribution is 2.26. The molecular weight excluding hydrogens is 376 g/mol. The maximum atomic E-state index is 12.4. The Morgan fingerprint density at radius 2 is 1.68 bits per heavy atom. The maximum Gasteiger partial charge on any atom is 0.257 e. The molecule has 1 N–H and O–H groups in total. The fraction of sp³-hybridized carbons (Fsp3) is 0.364. The monoisotopic (exact) mass is 400 g/mol. The van der Waals surface area contributed by atoms with Gasteiger partial charge in [0.05, 0.1) is 0 Å². The molecular formula is C22H25ClN2O3. The zero-order valence-corrected chi connectivity index (χ0v) is 16.9. The fourth-order valence-electron chi connectivity index (χ4n) is 2.92. The number of nitrogens with one attached hydrogen (secondary N) is 1. The highest BCUT2D eigenvalue weighted by Gasteiger charge is 2.29. The van der Waals surface area contributed by atoms with Crippen molar-refractivity contribution < 1.29 is 14.3 Å². The molecule has 2 aromatic rings. The molecule has 0 radical (unpaired) electrons. The van der Waals surface area contributed by atoms with Gasteiger partial charge in [0.25, 0.3) is 5.91 Å². The number of ketones is 1. The van der Waals surface area contributed by atoms with Crippen LogP contribution in [0.1, 0.15) is 35.7 Å². The molecule has 1 atom stereocenters. The number of ether oxygens (including phenoxy) is 1. The van der Waals surface area contributed by atoms with Crippen molar-refractivity contribution in [3.63, 3.8) is 0 Å². The van der Waals surface area contributed by atoms with Crippen LogP contribution in [0.25, 0.3) is 0 Å². The summed E-state index contributed by atoms with van der Waals surface area (Å²) in [4.78, 5) is 26.7. The van der Waals surface area contributed by atoms with Crippen molar-refractivity contribution >= 4 is 23.3 Å². The van der Waals surface area contributed by atoms with E-state index in [1.807, 2.05) is 0 Å². The third-order valence-corrected chi connectivity index (χ3v) is 5.26. The summed E-state index contributed by atoms with van der Waals surface area (Å²) in [5, 5.41) is 3.49. The summed E-state index contributed by atoms with van der Waals surface area (Å²) in [6.45, 7) is 2.66. The van der Waals surface area contributed by atoms with Crippen molar-refractivity contribution in [3.05, 3.63) is 64.7 Å². The van der Waals surface area contributed by atoms with Crippen LogP contribution in [-0.4, -0.2) is 48.9 Å². The number of benzene rings is 2. The average molecular weight is 401 g/mol. The molecule has 0 saturated heterocycles. The van der Waals surface area contributed by atoms with Crippen molar-refractivity contribution in [2.24, 2.45) is 0 Å². The molecule has 1 amide bonds. The zero-order chi connectivity index (χ0) is 20.1. The second kappa shape index (κ2) is 9.22. The lowest BCUT2D eigenvalue weighted by molar-refractivity contribution is -0.123. The lowest BCUT2D eigenvalue weighted by Crippen LogP contribution is -2.42. The molecule has 6 heteroatoms. The van der Waals surface area contributed by atoms with E-state index in [-0.39, 0.29) is 18.3 Å². The number of halogens is 1. The highest BCUT2D eigenvalue weighted by atomic mass is 35.5. The standard InChI is InChI=1S/C22H25ClN2O3/c1-15(25(2)19-9-10-19)13-24-21(26)14-28-20-11-5-17(6-12-20)22(27)16-3-7-18(23)8-4-16/h3-8,11-12,15,19H,9-10,13-14H2,1-2H3,(H,24,26). The Balaban J connectivity index is 1.45. The van der Waals surface area contributed by atoms with E-state index in [1.165, 1.54) is 12.8 Å². The smallest absolute Gasteiger partial charge is 0.257 e. The summed E-state index contributed by atoms with van der Waals surface area (Å²) in [7, 11) is 2.10. The van der Waals surface area contributed by atoms with Gasteiger partial charge in [0, 0.05) is 34.8 Å². The van der Waals surface area contributed by atoms with Gasteiger partial charge in [-0.3, -0.25) is 14.5 Å². The highest BCUT2D eigenvalue weighted by molar-refractivity contribution is 6.30. The Hall–Kier alpha value is -2.37. The largest absolute Gasteiger partial charge is 0.484 e. The minimum absolute atomic E-state index is 0.0512. The maximum absolute atomic E-state index is 12.4. The molecule has 148 valence electrons. The molecule has 1 unspecified atom stereocenters. The first-order valence-corrected chi connectivity index (χ1v) is 9.83. The van der Waals surface area contributed by atoms with Crippen molar-refractivity contribution in [2.45, 2.75) is 31.8 Å². The first-order chi connectivity index (χ1) is 13.4. The number of nitrogens with zero attached hydrogens (tertiary/aromatic N) is 1. The SMILES string of the molecule is CC(CNC(=O)COc1ccc(C(=O)c2ccc(Cl)cc2)cc1)N(C)C1CC1. The van der Waals surface area contributed by atoms with E-state index in [9.17, 15) is 9.59 Å². The second-order valence-electron chi connectivity index (χ2n) is 7.20. The van der Waals surface area contributed by atoms with Gasteiger partial charge in [0.2, 0.25) is 0 Å². The van der Waals surface area contributed by atoms with Crippen molar-refractivity contribution in [2.75, 3.05) is 20.2 Å². The molecule has 5 nitrogen and oxygen atoms in total. The Kier molecular flexibility index (Phi) is 6.70. The summed E-state index contributed by atoms with van der Waals surface area (Å²) in [5.74, 6) is 0.304. The topological polar surface area (TPSA) is 58.6 Å². The van der Waals surface area contributed by atoms with Crippen LogP contribution in [0.15, 0.2) is 48.5 Å². The number of rotatable bonds is 9. The van der Waals surface area contributed by atoms with E-state index >= 15 is 0 Å². The van der Waals surface area contributed by atoms with E-state index < -0.39 is 0 Å². The molecule has 1 aliphatic carbocycles. The Labute approximate surface area is 170 Å². The second-order valence-corrected chi connectivity index (χ2v) is 7.64. The first-order valence-electron chi connectivity index (χ1n) is 9.46. The quantitative estimate of drug-likeness (QED) is 0.654. The van der Waals surface area contributed by atoms with E-state index in [1.54, 1.807) is 48.5 Å². The van der Waals surface area contributed by atoms with Gasteiger partial charge in [-0.2, -0.15) is 0 Å². The molecule has 2 aromatic carbocycles. The number of likely N-dealkylation sites (N-methyl/N-ethyl adjacent to an activating group) is 1. The van der Waals surface area contributed by atoms with Crippen LogP contribution in [0.2, 0.25) is 5.02 Å². The summed E-state index contributed by atoms with van der Waals surface area (Å²) in [6.07, 6.45) is 2.49. The minimum Gasteiger partial charge on any atom is -0.484 e. The molecule has 1 aliphatic rings. The number of amides is 1. The third kappa shape index (κ3) is 5.57. The summed E-state index contributed by atoms with van der Waals surface area (Å²) >= 11 is 5.85. The average Bonchev–Trinajstić information content (AvgIpc) is 3.55. The van der Waals surface area contributed by atoms with Crippen molar-refractivity contribution in [1.29, 1.82) is 0 Å². The van der Waals surface area contributed by atoms with Gasteiger partial charge in [0.1, 0.15) is 5.75 Å². The van der Waals surface area contributed by atoms with Crippen molar-refractivity contribution in [3.8, 4) is 5.75 Å². The molecule has 0 aromatic heterocycles. The number of carbonyl (C=O) groups is 2. The van der Waals surface area contributed by atoms with Gasteiger partial charge < -0.3 is 10.1 Å². The van der Waals surface area contributed by atoms with E-state index in [0.717, 1.165) is 0 Å². The van der Waals surface area contributed by atoms with Gasteiger partial charge in [0.15, 0.2) is 12.4 Å². The fourth-order valence-corrected chi connectivity index (χ4v) is 3.04. The van der Waals surface area contributed by atoms with Crippen LogP contribution < -0.4 is 10.1 Å². The number of hydrogen-bond acceptors (Lipinski definition) is 4. The van der Waals surface area contributed by atoms with E-state index in [2.05, 4.69) is 24.2 Å². The lowest BCUT2D eigenvalue weighted by Gasteiger charge is -2.24. The molecule has 0 heterocycles. The molecule has 28 heavy (non-hydrogen) atoms. The Morgan fingerprint density at radius 1 is 1.11 bits per heavy atom. The predicted octanol–water partition coefficient (Wildman–Crippen LogP) is 3.55. The van der Waals surface area contributed by atoms with Crippen LogP contribution in [0.5, 0.6) is 5.75 Å². The molecule has 0 aliphatic heterocycles. The minimum atomic E-state index is -0.155. The Morgan fingerprint density at radius 3 is 2.25 bits per heavy atom. The van der Waals surface area contributed by atoms with E-state index in [4.69, 9.17) is 16.3 Å². The molecule has 0 spiro atoms. The zero-order valence-electron chi connectivity index (χ0n) is 16.2. The van der Waals surface area contributed by atoms with E-state index in [0.29, 0.717) is 40.5 Å². The van der Waals surface area contributed by atoms with Gasteiger partial charge in [-0.15, -0.1) is 0 Å². The molecule has 0 bridgehead atoms. The van der Waals surface area contributed by atoms with Crippen LogP contribution in [0.4, 0.5) is 0 Å². The number of carbonyl (C=O) groups excluding carboxylic acids is 2. The molecule has 3 rings (SSSR count). The van der Waals surface area contributed by atoms with Crippen LogP contribution in [0.3, 0.4) is 0 Å². The van der Waals surface area contributed by atoms with Crippen LogP contribution in [-0.2, 0) is 4.79 Å². The third-order valence-electron chi connectivity index (χ3n) is 5.01. The Bertz CT molecular complexity index is 817. The van der Waals surface area contributed by atoms with Crippen LogP contribution >= 0.6 is 11.6 Å². The van der Waals surface area contributed by atoms with Gasteiger partial charge >= 0.3 is 0 Å². The summed E-state index contributed by atoms with van der Waals surface area (Å²) in [6, 6.07) is 14.5.